The topological polar surface area (TPSA) is 111 Å². The molecular formula is C61H110NO8P. The molecule has 0 radical (unpaired) electrons. The molecule has 0 N–H and O–H groups in total. The van der Waals surface area contributed by atoms with Crippen molar-refractivity contribution < 1.29 is 42.1 Å². The number of ether oxygens (including phenoxy) is 2. The predicted molar refractivity (Wildman–Crippen MR) is 300 cm³/mol. The largest absolute Gasteiger partial charge is 0.756 e. The Hall–Kier alpha value is -2.55. The molecule has 2 atom stereocenters. The van der Waals surface area contributed by atoms with Crippen molar-refractivity contribution >= 4 is 19.8 Å². The van der Waals surface area contributed by atoms with Gasteiger partial charge in [-0.1, -0.05) is 228 Å². The molecule has 0 aliphatic carbocycles. The molecule has 0 saturated heterocycles. The first-order valence-electron chi connectivity index (χ1n) is 29.1. The van der Waals surface area contributed by atoms with Gasteiger partial charge >= 0.3 is 11.9 Å². The number of rotatable bonds is 53. The summed E-state index contributed by atoms with van der Waals surface area (Å²) >= 11 is 0. The fourth-order valence-corrected chi connectivity index (χ4v) is 8.70. The van der Waals surface area contributed by atoms with Gasteiger partial charge in [0.1, 0.15) is 19.8 Å². The van der Waals surface area contributed by atoms with Crippen LogP contribution in [0.5, 0.6) is 0 Å². The normalized spacial score (nSPS) is 13.8. The average Bonchev–Trinajstić information content (AvgIpc) is 3.33. The van der Waals surface area contributed by atoms with E-state index in [2.05, 4.69) is 86.8 Å². The summed E-state index contributed by atoms with van der Waals surface area (Å²) in [5, 5.41) is 0. The van der Waals surface area contributed by atoms with E-state index in [1.54, 1.807) is 0 Å². The van der Waals surface area contributed by atoms with Gasteiger partial charge in [-0.15, -0.1) is 0 Å². The van der Waals surface area contributed by atoms with Gasteiger partial charge in [0.15, 0.2) is 6.10 Å². The molecule has 0 spiro atoms. The predicted octanol–water partition coefficient (Wildman–Crippen LogP) is 17.5. The smallest absolute Gasteiger partial charge is 0.306 e. The number of carbonyl (C=O) groups excluding carboxylic acids is 2. The van der Waals surface area contributed by atoms with Gasteiger partial charge in [0.2, 0.25) is 0 Å². The van der Waals surface area contributed by atoms with Crippen LogP contribution in [0.2, 0.25) is 0 Å². The molecule has 0 aliphatic heterocycles. The molecule has 0 aromatic rings. The van der Waals surface area contributed by atoms with Crippen molar-refractivity contribution in [2.45, 2.75) is 258 Å². The number of allylic oxidation sites excluding steroid dienone is 12. The number of phosphoric ester groups is 1. The lowest BCUT2D eigenvalue weighted by Gasteiger charge is -2.28. The standard InChI is InChI=1S/C61H110NO8P/c1-6-8-10-12-14-16-18-20-21-22-23-24-25-26-27-28-29-30-31-32-33-34-35-36-37-38-39-40-41-42-44-46-48-50-52-54-61(64)70-59(58-69-71(65,66)68-56-55-62(3,4)5)57-67-60(63)53-51-49-47-45-43-19-17-15-13-11-9-7-2/h8,10,14-17,20-21,23-24,26-27,59H,6-7,9,11-13,18-19,22,25,28-58H2,1-5H3/b10-8-,16-14-,17-15-,21-20-,24-23-,27-26-. The number of esters is 2. The molecule has 9 nitrogen and oxygen atoms in total. The number of unbranched alkanes of at least 4 members (excludes halogenated alkanes) is 27. The Morgan fingerprint density at radius 3 is 1.21 bits per heavy atom. The van der Waals surface area contributed by atoms with E-state index in [9.17, 15) is 19.0 Å². The van der Waals surface area contributed by atoms with Crippen LogP contribution < -0.4 is 4.89 Å². The lowest BCUT2D eigenvalue weighted by molar-refractivity contribution is -0.870. The van der Waals surface area contributed by atoms with Crippen molar-refractivity contribution in [1.29, 1.82) is 0 Å². The number of hydrogen-bond donors (Lipinski definition) is 0. The van der Waals surface area contributed by atoms with Gasteiger partial charge in [-0.3, -0.25) is 14.2 Å². The summed E-state index contributed by atoms with van der Waals surface area (Å²) < 4.78 is 34.1. The number of nitrogens with zero attached hydrogens (tertiary/aromatic N) is 1. The highest BCUT2D eigenvalue weighted by Gasteiger charge is 2.22. The van der Waals surface area contributed by atoms with Crippen LogP contribution in [0.25, 0.3) is 0 Å². The van der Waals surface area contributed by atoms with Crippen LogP contribution in [0.1, 0.15) is 251 Å². The fourth-order valence-electron chi connectivity index (χ4n) is 7.97. The second-order valence-corrected chi connectivity index (χ2v) is 22.0. The van der Waals surface area contributed by atoms with Crippen molar-refractivity contribution in [3.8, 4) is 0 Å². The maximum atomic E-state index is 12.8. The van der Waals surface area contributed by atoms with Gasteiger partial charge in [-0.2, -0.15) is 0 Å². The monoisotopic (exact) mass is 1020 g/mol. The van der Waals surface area contributed by atoms with E-state index in [1.165, 1.54) is 128 Å². The van der Waals surface area contributed by atoms with E-state index in [0.717, 1.165) is 89.9 Å². The van der Waals surface area contributed by atoms with Crippen molar-refractivity contribution in [3.63, 3.8) is 0 Å². The molecule has 0 aliphatic rings. The van der Waals surface area contributed by atoms with Gasteiger partial charge in [0.05, 0.1) is 27.7 Å². The molecule has 0 aromatic heterocycles. The zero-order chi connectivity index (χ0) is 52.0. The van der Waals surface area contributed by atoms with Crippen LogP contribution in [0, 0.1) is 0 Å². The number of hydrogen-bond acceptors (Lipinski definition) is 8. The third-order valence-corrected chi connectivity index (χ3v) is 13.4. The van der Waals surface area contributed by atoms with Crippen LogP contribution in [-0.2, 0) is 32.7 Å². The Balaban J connectivity index is 3.98. The first-order chi connectivity index (χ1) is 34.5. The summed E-state index contributed by atoms with van der Waals surface area (Å²) in [6, 6.07) is 0. The first kappa shape index (κ1) is 68.5. The van der Waals surface area contributed by atoms with Crippen molar-refractivity contribution in [2.24, 2.45) is 0 Å². The molecule has 412 valence electrons. The number of likely N-dealkylation sites (N-methyl/N-ethyl adjacent to an activating group) is 1. The van der Waals surface area contributed by atoms with Crippen molar-refractivity contribution in [1.82, 2.24) is 0 Å². The molecule has 0 saturated carbocycles. The molecule has 10 heteroatoms. The first-order valence-corrected chi connectivity index (χ1v) is 30.6. The molecule has 0 amide bonds. The SMILES string of the molecule is CC/C=C\C/C=C\C/C=C\C/C=C\C/C=C\CCCCCCCCCCCCCCCCCCCCCC(=O)OC(COC(=O)CCCCCCC/C=C\CCCCC)COP(=O)([O-])OCC[N+](C)(C)C. The third-order valence-electron chi connectivity index (χ3n) is 12.5. The molecule has 0 heterocycles. The van der Waals surface area contributed by atoms with E-state index < -0.39 is 32.5 Å². The molecule has 0 aromatic carbocycles. The summed E-state index contributed by atoms with van der Waals surface area (Å²) in [5.41, 5.74) is 0. The fraction of sp³-hybridized carbons (Fsp3) is 0.770. The minimum atomic E-state index is -4.63. The summed E-state index contributed by atoms with van der Waals surface area (Å²) in [7, 11) is 1.16. The van der Waals surface area contributed by atoms with E-state index >= 15 is 0 Å². The van der Waals surface area contributed by atoms with Crippen LogP contribution in [0.15, 0.2) is 72.9 Å². The zero-order valence-electron chi connectivity index (χ0n) is 46.7. The van der Waals surface area contributed by atoms with Gasteiger partial charge in [0.25, 0.3) is 7.82 Å². The molecular weight excluding hydrogens is 906 g/mol. The molecule has 0 fully saturated rings. The summed E-state index contributed by atoms with van der Waals surface area (Å²) in [4.78, 5) is 37.7. The highest BCUT2D eigenvalue weighted by molar-refractivity contribution is 7.45. The summed E-state index contributed by atoms with van der Waals surface area (Å²) in [5.74, 6) is -0.839. The zero-order valence-corrected chi connectivity index (χ0v) is 47.6. The van der Waals surface area contributed by atoms with E-state index in [0.29, 0.717) is 17.4 Å². The van der Waals surface area contributed by atoms with Gasteiger partial charge in [-0.05, 0) is 83.5 Å². The molecule has 0 rings (SSSR count). The maximum absolute atomic E-state index is 12.8. The summed E-state index contributed by atoms with van der Waals surface area (Å²) in [6.45, 7) is 4.10. The molecule has 0 bridgehead atoms. The highest BCUT2D eigenvalue weighted by Crippen LogP contribution is 2.38. The minimum Gasteiger partial charge on any atom is -0.756 e. The second kappa shape index (κ2) is 52.3. The maximum Gasteiger partial charge on any atom is 0.306 e. The summed E-state index contributed by atoms with van der Waals surface area (Å²) in [6.07, 6.45) is 68.3. The average molecular weight is 1020 g/mol. The van der Waals surface area contributed by atoms with Crippen LogP contribution in [-0.4, -0.2) is 70.0 Å². The van der Waals surface area contributed by atoms with E-state index in [1.807, 2.05) is 21.1 Å². The van der Waals surface area contributed by atoms with Crippen LogP contribution in [0.4, 0.5) is 0 Å². The Morgan fingerprint density at radius 1 is 0.451 bits per heavy atom. The van der Waals surface area contributed by atoms with Gasteiger partial charge in [-0.25, -0.2) is 0 Å². The lowest BCUT2D eigenvalue weighted by Crippen LogP contribution is -2.37. The second-order valence-electron chi connectivity index (χ2n) is 20.6. The molecule has 2 unspecified atom stereocenters. The highest BCUT2D eigenvalue weighted by atomic mass is 31.2. The minimum absolute atomic E-state index is 0.0325. The van der Waals surface area contributed by atoms with Crippen LogP contribution in [0.3, 0.4) is 0 Å². The van der Waals surface area contributed by atoms with Crippen molar-refractivity contribution in [3.05, 3.63) is 72.9 Å². The Kier molecular flexibility index (Phi) is 50.4. The van der Waals surface area contributed by atoms with Gasteiger partial charge < -0.3 is 27.9 Å². The van der Waals surface area contributed by atoms with E-state index in [-0.39, 0.29) is 26.1 Å². The molecule has 71 heavy (non-hydrogen) atoms. The third kappa shape index (κ3) is 56.6. The Bertz CT molecular complexity index is 1430. The lowest BCUT2D eigenvalue weighted by atomic mass is 10.0. The number of phosphoric acid groups is 1. The van der Waals surface area contributed by atoms with Crippen LogP contribution >= 0.6 is 7.82 Å². The number of carbonyl (C=O) groups is 2. The quantitative estimate of drug-likeness (QED) is 0.0195. The van der Waals surface area contributed by atoms with Crippen molar-refractivity contribution in [2.75, 3.05) is 47.5 Å². The Morgan fingerprint density at radius 2 is 0.803 bits per heavy atom. The van der Waals surface area contributed by atoms with Gasteiger partial charge in [0, 0.05) is 12.8 Å². The van der Waals surface area contributed by atoms with E-state index in [4.69, 9.17) is 18.5 Å². The number of quaternary nitrogens is 1. The Labute approximate surface area is 438 Å².